The molecule has 0 radical (unpaired) electrons. The summed E-state index contributed by atoms with van der Waals surface area (Å²) in [7, 11) is 3.49. The first-order chi connectivity index (χ1) is 9.26. The number of hydrogen-bond acceptors (Lipinski definition) is 4. The molecule has 2 rings (SSSR count). The van der Waals surface area contributed by atoms with Crippen LogP contribution in [0.5, 0.6) is 5.75 Å². The highest BCUT2D eigenvalue weighted by molar-refractivity contribution is 5.37. The molecule has 4 heteroatoms. The van der Waals surface area contributed by atoms with E-state index in [1.807, 2.05) is 6.07 Å². The smallest absolute Gasteiger partial charge is 0.123 e. The van der Waals surface area contributed by atoms with Gasteiger partial charge in [-0.15, -0.1) is 0 Å². The molecule has 0 atom stereocenters. The van der Waals surface area contributed by atoms with Crippen LogP contribution in [0, 0.1) is 0 Å². The second kappa shape index (κ2) is 6.89. The fourth-order valence-electron chi connectivity index (χ4n) is 2.65. The van der Waals surface area contributed by atoms with E-state index in [2.05, 4.69) is 17.0 Å². The van der Waals surface area contributed by atoms with Crippen molar-refractivity contribution in [2.24, 2.45) is 5.73 Å². The Hall–Kier alpha value is -1.10. The van der Waals surface area contributed by atoms with Gasteiger partial charge in [0.25, 0.3) is 0 Å². The Morgan fingerprint density at radius 2 is 2.00 bits per heavy atom. The molecule has 2 N–H and O–H groups in total. The van der Waals surface area contributed by atoms with E-state index in [0.717, 1.165) is 43.8 Å². The molecule has 106 valence electrons. The maximum Gasteiger partial charge on any atom is 0.123 e. The van der Waals surface area contributed by atoms with Gasteiger partial charge in [-0.25, -0.2) is 0 Å². The largest absolute Gasteiger partial charge is 0.496 e. The maximum absolute atomic E-state index is 5.75. The topological polar surface area (TPSA) is 47.7 Å². The molecule has 1 aromatic rings. The zero-order valence-electron chi connectivity index (χ0n) is 11.9. The zero-order chi connectivity index (χ0) is 13.7. The van der Waals surface area contributed by atoms with E-state index in [4.69, 9.17) is 15.2 Å². The molecule has 0 aromatic heterocycles. The van der Waals surface area contributed by atoms with E-state index in [9.17, 15) is 0 Å². The minimum Gasteiger partial charge on any atom is -0.496 e. The molecule has 1 saturated heterocycles. The van der Waals surface area contributed by atoms with Crippen molar-refractivity contribution in [2.45, 2.75) is 32.0 Å². The SMILES string of the molecule is COc1ccc(CN2CCC(OC)CC2)cc1CN. The molecule has 0 bridgehead atoms. The highest BCUT2D eigenvalue weighted by atomic mass is 16.5. The number of hydrogen-bond donors (Lipinski definition) is 1. The summed E-state index contributed by atoms with van der Waals surface area (Å²) < 4.78 is 10.7. The summed E-state index contributed by atoms with van der Waals surface area (Å²) in [4.78, 5) is 2.47. The van der Waals surface area contributed by atoms with E-state index in [-0.39, 0.29) is 0 Å². The summed E-state index contributed by atoms with van der Waals surface area (Å²) >= 11 is 0. The van der Waals surface area contributed by atoms with Gasteiger partial charge in [0.2, 0.25) is 0 Å². The lowest BCUT2D eigenvalue weighted by Gasteiger charge is -2.31. The summed E-state index contributed by atoms with van der Waals surface area (Å²) in [6.07, 6.45) is 2.68. The minimum absolute atomic E-state index is 0.437. The molecule has 1 heterocycles. The van der Waals surface area contributed by atoms with Gasteiger partial charge in [0.1, 0.15) is 5.75 Å². The van der Waals surface area contributed by atoms with Gasteiger partial charge in [-0.05, 0) is 30.5 Å². The van der Waals surface area contributed by atoms with Crippen LogP contribution in [0.15, 0.2) is 18.2 Å². The van der Waals surface area contributed by atoms with Gasteiger partial charge in [0, 0.05) is 38.9 Å². The molecular weight excluding hydrogens is 240 g/mol. The Bertz CT molecular complexity index is 401. The van der Waals surface area contributed by atoms with E-state index >= 15 is 0 Å². The number of methoxy groups -OCH3 is 2. The molecule has 4 nitrogen and oxygen atoms in total. The molecule has 0 aliphatic carbocycles. The van der Waals surface area contributed by atoms with Crippen LogP contribution in [-0.4, -0.2) is 38.3 Å². The maximum atomic E-state index is 5.75. The van der Waals surface area contributed by atoms with Crippen LogP contribution in [0.3, 0.4) is 0 Å². The molecule has 0 amide bonds. The first kappa shape index (κ1) is 14.3. The van der Waals surface area contributed by atoms with Crippen LogP contribution in [0.2, 0.25) is 0 Å². The summed E-state index contributed by atoms with van der Waals surface area (Å²) in [5, 5.41) is 0. The van der Waals surface area contributed by atoms with Gasteiger partial charge in [-0.3, -0.25) is 4.90 Å². The number of piperidine rings is 1. The molecule has 0 saturated carbocycles. The van der Waals surface area contributed by atoms with Crippen molar-refractivity contribution in [3.63, 3.8) is 0 Å². The Kier molecular flexibility index (Phi) is 5.19. The van der Waals surface area contributed by atoms with Crippen LogP contribution in [-0.2, 0) is 17.8 Å². The standard InChI is InChI=1S/C15H24N2O2/c1-18-14-5-7-17(8-6-14)11-12-3-4-15(19-2)13(9-12)10-16/h3-4,9,14H,5-8,10-11,16H2,1-2H3. The zero-order valence-corrected chi connectivity index (χ0v) is 11.9. The number of benzene rings is 1. The summed E-state index contributed by atoms with van der Waals surface area (Å²) in [5.41, 5.74) is 8.13. The molecule has 1 fully saturated rings. The molecule has 1 aromatic carbocycles. The summed E-state index contributed by atoms with van der Waals surface area (Å²) in [6.45, 7) is 3.70. The lowest BCUT2D eigenvalue weighted by Crippen LogP contribution is -2.36. The Morgan fingerprint density at radius 3 is 2.58 bits per heavy atom. The van der Waals surface area contributed by atoms with Gasteiger partial charge in [0.15, 0.2) is 0 Å². The van der Waals surface area contributed by atoms with Gasteiger partial charge in [-0.1, -0.05) is 6.07 Å². The molecule has 0 unspecified atom stereocenters. The van der Waals surface area contributed by atoms with Crippen molar-refractivity contribution >= 4 is 0 Å². The van der Waals surface area contributed by atoms with Gasteiger partial charge >= 0.3 is 0 Å². The van der Waals surface area contributed by atoms with E-state index in [0.29, 0.717) is 12.6 Å². The van der Waals surface area contributed by atoms with Crippen molar-refractivity contribution in [1.82, 2.24) is 4.90 Å². The molecule has 0 spiro atoms. The first-order valence-corrected chi connectivity index (χ1v) is 6.87. The average molecular weight is 264 g/mol. The third-order valence-electron chi connectivity index (χ3n) is 3.84. The monoisotopic (exact) mass is 264 g/mol. The first-order valence-electron chi connectivity index (χ1n) is 6.87. The number of nitrogens with two attached hydrogens (primary N) is 1. The van der Waals surface area contributed by atoms with Crippen molar-refractivity contribution in [3.8, 4) is 5.75 Å². The van der Waals surface area contributed by atoms with E-state index in [1.54, 1.807) is 14.2 Å². The molecule has 1 aliphatic rings. The van der Waals surface area contributed by atoms with Crippen molar-refractivity contribution < 1.29 is 9.47 Å². The number of likely N-dealkylation sites (tertiary alicyclic amines) is 1. The predicted octanol–water partition coefficient (Wildman–Crippen LogP) is 1.76. The number of ether oxygens (including phenoxy) is 2. The van der Waals surface area contributed by atoms with E-state index < -0.39 is 0 Å². The normalized spacial score (nSPS) is 17.6. The average Bonchev–Trinajstić information content (AvgIpc) is 2.48. The Morgan fingerprint density at radius 1 is 1.26 bits per heavy atom. The highest BCUT2D eigenvalue weighted by Gasteiger charge is 2.18. The van der Waals surface area contributed by atoms with Crippen LogP contribution in [0.4, 0.5) is 0 Å². The number of nitrogens with zero attached hydrogens (tertiary/aromatic N) is 1. The highest BCUT2D eigenvalue weighted by Crippen LogP contribution is 2.21. The van der Waals surface area contributed by atoms with Crippen LogP contribution in [0.1, 0.15) is 24.0 Å². The van der Waals surface area contributed by atoms with Gasteiger partial charge in [-0.2, -0.15) is 0 Å². The third kappa shape index (κ3) is 3.69. The predicted molar refractivity (Wildman–Crippen MR) is 76.2 cm³/mol. The summed E-state index contributed by atoms with van der Waals surface area (Å²) in [6, 6.07) is 6.29. The molecule has 1 aliphatic heterocycles. The second-order valence-corrected chi connectivity index (χ2v) is 5.06. The quantitative estimate of drug-likeness (QED) is 0.880. The van der Waals surface area contributed by atoms with Gasteiger partial charge < -0.3 is 15.2 Å². The Balaban J connectivity index is 1.96. The van der Waals surface area contributed by atoms with Crippen LogP contribution < -0.4 is 10.5 Å². The van der Waals surface area contributed by atoms with Crippen molar-refractivity contribution in [3.05, 3.63) is 29.3 Å². The minimum atomic E-state index is 0.437. The fourth-order valence-corrected chi connectivity index (χ4v) is 2.65. The lowest BCUT2D eigenvalue weighted by atomic mass is 10.1. The molecule has 19 heavy (non-hydrogen) atoms. The third-order valence-corrected chi connectivity index (χ3v) is 3.84. The number of rotatable bonds is 5. The van der Waals surface area contributed by atoms with Crippen LogP contribution >= 0.6 is 0 Å². The lowest BCUT2D eigenvalue weighted by molar-refractivity contribution is 0.0388. The van der Waals surface area contributed by atoms with E-state index in [1.165, 1.54) is 5.56 Å². The van der Waals surface area contributed by atoms with Gasteiger partial charge in [0.05, 0.1) is 13.2 Å². The van der Waals surface area contributed by atoms with Crippen molar-refractivity contribution in [2.75, 3.05) is 27.3 Å². The molecular formula is C15H24N2O2. The second-order valence-electron chi connectivity index (χ2n) is 5.06. The van der Waals surface area contributed by atoms with Crippen LogP contribution in [0.25, 0.3) is 0 Å². The Labute approximate surface area is 115 Å². The fraction of sp³-hybridized carbons (Fsp3) is 0.600. The summed E-state index contributed by atoms with van der Waals surface area (Å²) in [5.74, 6) is 0.879. The van der Waals surface area contributed by atoms with Crippen molar-refractivity contribution in [1.29, 1.82) is 0 Å².